The molecule has 18 heavy (non-hydrogen) atoms. The molecule has 2 aromatic heterocycles. The van der Waals surface area contributed by atoms with Crippen LogP contribution < -0.4 is 5.73 Å². The van der Waals surface area contributed by atoms with Crippen molar-refractivity contribution in [2.24, 2.45) is 0 Å². The van der Waals surface area contributed by atoms with Gasteiger partial charge in [-0.15, -0.1) is 0 Å². The number of benzene rings is 1. The Morgan fingerprint density at radius 2 is 2.06 bits per heavy atom. The van der Waals surface area contributed by atoms with Gasteiger partial charge in [0.1, 0.15) is 10.5 Å². The van der Waals surface area contributed by atoms with Crippen LogP contribution in [-0.2, 0) is 0 Å². The van der Waals surface area contributed by atoms with E-state index in [0.29, 0.717) is 10.9 Å². The van der Waals surface area contributed by atoms with E-state index >= 15 is 0 Å². The first-order chi connectivity index (χ1) is 8.74. The number of nitrogen functional groups attached to an aromatic ring is 1. The fourth-order valence-electron chi connectivity index (χ4n) is 1.60. The number of oxazole rings is 1. The topological polar surface area (TPSA) is 64.9 Å². The second kappa shape index (κ2) is 4.34. The highest BCUT2D eigenvalue weighted by molar-refractivity contribution is 7.99. The number of aromatic nitrogens is 2. The Kier molecular flexibility index (Phi) is 2.68. The van der Waals surface area contributed by atoms with Gasteiger partial charge in [0, 0.05) is 6.20 Å². The van der Waals surface area contributed by atoms with Crippen LogP contribution in [0.5, 0.6) is 0 Å². The summed E-state index contributed by atoms with van der Waals surface area (Å²) in [5.41, 5.74) is 9.26. The van der Waals surface area contributed by atoms with E-state index in [-0.39, 0.29) is 0 Å². The van der Waals surface area contributed by atoms with Gasteiger partial charge in [0.25, 0.3) is 5.22 Å². The molecule has 0 aliphatic carbocycles. The molecule has 3 rings (SSSR count). The maximum absolute atomic E-state index is 5.97. The molecule has 0 saturated heterocycles. The number of rotatable bonds is 2. The second-order valence-corrected chi connectivity index (χ2v) is 4.84. The van der Waals surface area contributed by atoms with Crippen molar-refractivity contribution in [1.29, 1.82) is 0 Å². The van der Waals surface area contributed by atoms with Crippen molar-refractivity contribution in [3.8, 4) is 0 Å². The number of anilines is 1. The molecule has 0 unspecified atom stereocenters. The van der Waals surface area contributed by atoms with Crippen LogP contribution in [0, 0.1) is 6.92 Å². The first-order valence-electron chi connectivity index (χ1n) is 5.48. The van der Waals surface area contributed by atoms with Gasteiger partial charge in [-0.1, -0.05) is 12.1 Å². The number of nitrogens with two attached hydrogens (primary N) is 1. The van der Waals surface area contributed by atoms with Crippen LogP contribution in [0.1, 0.15) is 5.56 Å². The Bertz CT molecular complexity index is 675. The zero-order valence-corrected chi connectivity index (χ0v) is 10.6. The minimum atomic E-state index is 0.556. The Labute approximate surface area is 108 Å². The fraction of sp³-hybridized carbons (Fsp3) is 0.0769. The van der Waals surface area contributed by atoms with Crippen LogP contribution in [0.15, 0.2) is 51.2 Å². The molecule has 0 fully saturated rings. The number of pyridine rings is 1. The fourth-order valence-corrected chi connectivity index (χ4v) is 2.43. The summed E-state index contributed by atoms with van der Waals surface area (Å²) in [5, 5.41) is 1.28. The van der Waals surface area contributed by atoms with Gasteiger partial charge in [-0.05, 0) is 42.4 Å². The molecule has 0 amide bonds. The molecule has 0 bridgehead atoms. The average molecular weight is 257 g/mol. The highest BCUT2D eigenvalue weighted by atomic mass is 32.2. The summed E-state index contributed by atoms with van der Waals surface area (Å²) in [4.78, 5) is 8.62. The third-order valence-electron chi connectivity index (χ3n) is 2.63. The number of aryl methyl sites for hydroxylation is 1. The summed E-state index contributed by atoms with van der Waals surface area (Å²) in [7, 11) is 0. The summed E-state index contributed by atoms with van der Waals surface area (Å²) < 4.78 is 5.62. The summed E-state index contributed by atoms with van der Waals surface area (Å²) >= 11 is 1.34. The summed E-state index contributed by atoms with van der Waals surface area (Å²) in [6, 6.07) is 9.53. The lowest BCUT2D eigenvalue weighted by molar-refractivity contribution is 0.489. The Hall–Kier alpha value is -2.01. The van der Waals surface area contributed by atoms with Crippen LogP contribution in [0.25, 0.3) is 11.1 Å². The van der Waals surface area contributed by atoms with Crippen LogP contribution in [0.2, 0.25) is 0 Å². The van der Waals surface area contributed by atoms with E-state index in [1.807, 2.05) is 37.3 Å². The lowest BCUT2D eigenvalue weighted by Crippen LogP contribution is -1.94. The molecule has 90 valence electrons. The Morgan fingerprint density at radius 1 is 1.22 bits per heavy atom. The minimum absolute atomic E-state index is 0.556. The van der Waals surface area contributed by atoms with Crippen molar-refractivity contribution < 1.29 is 4.42 Å². The number of hydrogen-bond acceptors (Lipinski definition) is 5. The van der Waals surface area contributed by atoms with Gasteiger partial charge in [-0.25, -0.2) is 9.97 Å². The molecule has 0 aliphatic heterocycles. The van der Waals surface area contributed by atoms with Crippen molar-refractivity contribution in [2.75, 3.05) is 5.73 Å². The number of para-hydroxylation sites is 2. The van der Waals surface area contributed by atoms with Crippen molar-refractivity contribution >= 4 is 28.5 Å². The molecular weight excluding hydrogens is 246 g/mol. The third-order valence-corrected chi connectivity index (χ3v) is 3.50. The minimum Gasteiger partial charge on any atom is -0.431 e. The molecule has 2 heterocycles. The van der Waals surface area contributed by atoms with Gasteiger partial charge in [-0.2, -0.15) is 0 Å². The molecule has 2 N–H and O–H groups in total. The molecule has 0 aliphatic rings. The van der Waals surface area contributed by atoms with Crippen molar-refractivity contribution in [3.05, 3.63) is 42.1 Å². The second-order valence-electron chi connectivity index (χ2n) is 3.90. The zero-order chi connectivity index (χ0) is 12.5. The van der Waals surface area contributed by atoms with E-state index in [4.69, 9.17) is 10.2 Å². The lowest BCUT2D eigenvalue weighted by Gasteiger charge is -2.03. The smallest absolute Gasteiger partial charge is 0.263 e. The van der Waals surface area contributed by atoms with E-state index in [9.17, 15) is 0 Å². The number of nitrogens with zero attached hydrogens (tertiary/aromatic N) is 2. The van der Waals surface area contributed by atoms with Gasteiger partial charge in [0.05, 0.1) is 5.69 Å². The third kappa shape index (κ3) is 1.93. The largest absolute Gasteiger partial charge is 0.431 e. The molecule has 0 radical (unpaired) electrons. The van der Waals surface area contributed by atoms with Gasteiger partial charge in [0.15, 0.2) is 5.58 Å². The summed E-state index contributed by atoms with van der Waals surface area (Å²) in [6.45, 7) is 1.95. The first-order valence-corrected chi connectivity index (χ1v) is 6.30. The predicted octanol–water partition coefficient (Wildman–Crippen LogP) is 3.26. The lowest BCUT2D eigenvalue weighted by atomic mass is 10.3. The molecule has 3 aromatic rings. The molecule has 5 heteroatoms. The number of hydrogen-bond donors (Lipinski definition) is 1. The molecule has 0 atom stereocenters. The van der Waals surface area contributed by atoms with E-state index < -0.39 is 0 Å². The first kappa shape index (κ1) is 11.1. The van der Waals surface area contributed by atoms with Crippen LogP contribution in [0.3, 0.4) is 0 Å². The van der Waals surface area contributed by atoms with Crippen LogP contribution in [0.4, 0.5) is 5.69 Å². The molecule has 0 spiro atoms. The molecule has 1 aromatic carbocycles. The molecule has 0 saturated carbocycles. The van der Waals surface area contributed by atoms with Crippen molar-refractivity contribution in [3.63, 3.8) is 0 Å². The van der Waals surface area contributed by atoms with E-state index in [1.165, 1.54) is 11.8 Å². The normalized spacial score (nSPS) is 10.9. The quantitative estimate of drug-likeness (QED) is 0.763. The highest BCUT2D eigenvalue weighted by Gasteiger charge is 2.11. The van der Waals surface area contributed by atoms with Gasteiger partial charge < -0.3 is 10.2 Å². The predicted molar refractivity (Wildman–Crippen MR) is 71.5 cm³/mol. The molecular formula is C13H11N3OS. The van der Waals surface area contributed by atoms with Crippen molar-refractivity contribution in [1.82, 2.24) is 9.97 Å². The van der Waals surface area contributed by atoms with E-state index in [2.05, 4.69) is 9.97 Å². The van der Waals surface area contributed by atoms with Gasteiger partial charge in [0.2, 0.25) is 0 Å². The van der Waals surface area contributed by atoms with Gasteiger partial charge in [-0.3, -0.25) is 0 Å². The summed E-state index contributed by atoms with van der Waals surface area (Å²) in [5.74, 6) is 0. The average Bonchev–Trinajstić information content (AvgIpc) is 2.77. The maximum atomic E-state index is 5.97. The number of fused-ring (bicyclic) bond motifs is 1. The van der Waals surface area contributed by atoms with Crippen molar-refractivity contribution in [2.45, 2.75) is 17.2 Å². The van der Waals surface area contributed by atoms with Gasteiger partial charge >= 0.3 is 0 Å². The SMILES string of the molecule is Cc1ccnc(Sc2nc3ccccc3o2)c1N. The summed E-state index contributed by atoms with van der Waals surface area (Å²) in [6.07, 6.45) is 1.73. The monoisotopic (exact) mass is 257 g/mol. The van der Waals surface area contributed by atoms with E-state index in [0.717, 1.165) is 21.7 Å². The van der Waals surface area contributed by atoms with E-state index in [1.54, 1.807) is 6.20 Å². The Balaban J connectivity index is 1.99. The standard InChI is InChI=1S/C13H11N3OS/c1-8-6-7-15-12(11(8)14)18-13-16-9-4-2-3-5-10(9)17-13/h2-7H,14H2,1H3. The highest BCUT2D eigenvalue weighted by Crippen LogP contribution is 2.32. The van der Waals surface area contributed by atoms with Crippen LogP contribution >= 0.6 is 11.8 Å². The maximum Gasteiger partial charge on any atom is 0.263 e. The van der Waals surface area contributed by atoms with Crippen LogP contribution in [-0.4, -0.2) is 9.97 Å². The molecule has 4 nitrogen and oxygen atoms in total. The zero-order valence-electron chi connectivity index (χ0n) is 9.75. The Morgan fingerprint density at radius 3 is 2.89 bits per heavy atom.